The molecular weight excluding hydrogens is 278 g/mol. The number of carbonyl (C=O) groups excluding carboxylic acids is 1. The Morgan fingerprint density at radius 2 is 2.18 bits per heavy atom. The van der Waals surface area contributed by atoms with E-state index in [-0.39, 0.29) is 11.9 Å². The van der Waals surface area contributed by atoms with Gasteiger partial charge in [0.1, 0.15) is 6.61 Å². The Labute approximate surface area is 132 Å². The van der Waals surface area contributed by atoms with Crippen molar-refractivity contribution in [3.8, 4) is 5.88 Å². The predicted molar refractivity (Wildman–Crippen MR) is 87.0 cm³/mol. The summed E-state index contributed by atoms with van der Waals surface area (Å²) in [6.45, 7) is 12.0. The van der Waals surface area contributed by atoms with Crippen molar-refractivity contribution in [1.82, 2.24) is 15.6 Å². The van der Waals surface area contributed by atoms with E-state index in [1.807, 2.05) is 33.8 Å². The van der Waals surface area contributed by atoms with Crippen LogP contribution >= 0.6 is 0 Å². The lowest BCUT2D eigenvalue weighted by Gasteiger charge is -2.27. The molecule has 2 N–H and O–H groups in total. The van der Waals surface area contributed by atoms with Crippen LogP contribution in [0, 0.1) is 25.2 Å². The molecule has 0 unspecified atom stereocenters. The third kappa shape index (κ3) is 3.97. The van der Waals surface area contributed by atoms with Crippen molar-refractivity contribution < 1.29 is 9.53 Å². The van der Waals surface area contributed by atoms with E-state index in [1.165, 1.54) is 0 Å². The fourth-order valence-electron chi connectivity index (χ4n) is 2.54. The Kier molecular flexibility index (Phi) is 5.06. The van der Waals surface area contributed by atoms with E-state index in [4.69, 9.17) is 4.74 Å². The highest BCUT2D eigenvalue weighted by Crippen LogP contribution is 2.21. The Morgan fingerprint density at radius 1 is 1.45 bits per heavy atom. The minimum Gasteiger partial charge on any atom is -0.476 e. The van der Waals surface area contributed by atoms with Gasteiger partial charge in [-0.15, -0.1) is 0 Å². The molecule has 5 nitrogen and oxygen atoms in total. The minimum absolute atomic E-state index is 0.0258. The van der Waals surface area contributed by atoms with Crippen LogP contribution in [-0.4, -0.2) is 36.6 Å². The molecule has 1 saturated heterocycles. The van der Waals surface area contributed by atoms with Crippen LogP contribution in [0.4, 0.5) is 0 Å². The predicted octanol–water partition coefficient (Wildman–Crippen LogP) is 1.83. The van der Waals surface area contributed by atoms with Crippen molar-refractivity contribution in [2.24, 2.45) is 11.3 Å². The van der Waals surface area contributed by atoms with E-state index in [2.05, 4.69) is 22.5 Å². The van der Waals surface area contributed by atoms with Crippen molar-refractivity contribution in [3.63, 3.8) is 0 Å². The summed E-state index contributed by atoms with van der Waals surface area (Å²) in [7, 11) is 0. The molecule has 0 saturated carbocycles. The quantitative estimate of drug-likeness (QED) is 0.871. The van der Waals surface area contributed by atoms with Crippen LogP contribution in [0.5, 0.6) is 5.88 Å². The summed E-state index contributed by atoms with van der Waals surface area (Å²) in [4.78, 5) is 16.8. The first kappa shape index (κ1) is 16.7. The van der Waals surface area contributed by atoms with E-state index in [0.717, 1.165) is 24.2 Å². The van der Waals surface area contributed by atoms with E-state index in [0.29, 0.717) is 18.4 Å². The van der Waals surface area contributed by atoms with Gasteiger partial charge in [-0.1, -0.05) is 6.92 Å². The third-order valence-corrected chi connectivity index (χ3v) is 4.19. The first-order chi connectivity index (χ1) is 10.3. The largest absolute Gasteiger partial charge is 0.476 e. The van der Waals surface area contributed by atoms with Gasteiger partial charge < -0.3 is 15.4 Å². The zero-order valence-electron chi connectivity index (χ0n) is 14.2. The number of nitrogens with zero attached hydrogens (tertiary/aromatic N) is 1. The maximum atomic E-state index is 12.5. The Balaban J connectivity index is 1.93. The standard InChI is InChI=1S/C17H27N3O2/c1-11-6-12(2)15(19-7-11)22-10-17(4,5)16(21)20-14-9-18-8-13(14)3/h6-7,13-14,18H,8-10H2,1-5H3,(H,20,21)/t13-,14-/m1/s1. The van der Waals surface area contributed by atoms with Gasteiger partial charge in [0.15, 0.2) is 0 Å². The monoisotopic (exact) mass is 305 g/mol. The van der Waals surface area contributed by atoms with Crippen molar-refractivity contribution in [2.45, 2.75) is 40.7 Å². The van der Waals surface area contributed by atoms with Crippen LogP contribution in [0.1, 0.15) is 31.9 Å². The first-order valence-electron chi connectivity index (χ1n) is 7.87. The zero-order chi connectivity index (χ0) is 16.3. The molecular formula is C17H27N3O2. The van der Waals surface area contributed by atoms with Crippen LogP contribution in [0.2, 0.25) is 0 Å². The molecule has 2 heterocycles. The second-order valence-corrected chi connectivity index (χ2v) is 7.02. The second-order valence-electron chi connectivity index (χ2n) is 7.02. The number of pyridine rings is 1. The van der Waals surface area contributed by atoms with E-state index >= 15 is 0 Å². The minimum atomic E-state index is -0.596. The number of nitrogens with one attached hydrogen (secondary N) is 2. The lowest BCUT2D eigenvalue weighted by atomic mass is 9.92. The molecule has 1 aliphatic heterocycles. The number of rotatable bonds is 5. The summed E-state index contributed by atoms with van der Waals surface area (Å²) in [5, 5.41) is 6.42. The fraction of sp³-hybridized carbons (Fsp3) is 0.647. The molecule has 2 rings (SSSR count). The lowest BCUT2D eigenvalue weighted by Crippen LogP contribution is -2.48. The van der Waals surface area contributed by atoms with Crippen molar-refractivity contribution in [1.29, 1.82) is 0 Å². The van der Waals surface area contributed by atoms with Gasteiger partial charge in [0.25, 0.3) is 0 Å². The average molecular weight is 305 g/mol. The van der Waals surface area contributed by atoms with E-state index < -0.39 is 5.41 Å². The lowest BCUT2D eigenvalue weighted by molar-refractivity contribution is -0.131. The highest BCUT2D eigenvalue weighted by molar-refractivity contribution is 5.82. The molecule has 5 heteroatoms. The van der Waals surface area contributed by atoms with Crippen LogP contribution in [-0.2, 0) is 4.79 Å². The summed E-state index contributed by atoms with van der Waals surface area (Å²) < 4.78 is 5.78. The van der Waals surface area contributed by atoms with Gasteiger partial charge in [-0.2, -0.15) is 0 Å². The SMILES string of the molecule is Cc1cnc(OCC(C)(C)C(=O)N[C@@H]2CNC[C@H]2C)c(C)c1. The molecule has 0 aromatic carbocycles. The van der Waals surface area contributed by atoms with Gasteiger partial charge in [-0.3, -0.25) is 4.79 Å². The van der Waals surface area contributed by atoms with Gasteiger partial charge in [0.05, 0.1) is 5.41 Å². The Bertz CT molecular complexity index is 543. The van der Waals surface area contributed by atoms with Crippen LogP contribution in [0.25, 0.3) is 0 Å². The molecule has 0 aliphatic carbocycles. The molecule has 0 radical (unpaired) electrons. The molecule has 1 aliphatic rings. The normalized spacial score (nSPS) is 21.7. The summed E-state index contributed by atoms with van der Waals surface area (Å²) >= 11 is 0. The summed E-state index contributed by atoms with van der Waals surface area (Å²) in [5.41, 5.74) is 1.50. The van der Waals surface area contributed by atoms with Gasteiger partial charge in [-0.05, 0) is 51.8 Å². The molecule has 1 aromatic rings. The van der Waals surface area contributed by atoms with Crippen LogP contribution in [0.15, 0.2) is 12.3 Å². The number of carbonyl (C=O) groups is 1. The van der Waals surface area contributed by atoms with Crippen LogP contribution < -0.4 is 15.4 Å². The third-order valence-electron chi connectivity index (χ3n) is 4.19. The number of hydrogen-bond donors (Lipinski definition) is 2. The maximum absolute atomic E-state index is 12.5. The molecule has 1 amide bonds. The molecule has 22 heavy (non-hydrogen) atoms. The van der Waals surface area contributed by atoms with E-state index in [9.17, 15) is 4.79 Å². The molecule has 0 bridgehead atoms. The molecule has 0 spiro atoms. The first-order valence-corrected chi connectivity index (χ1v) is 7.87. The Hall–Kier alpha value is -1.62. The fourth-order valence-corrected chi connectivity index (χ4v) is 2.54. The van der Waals surface area contributed by atoms with Crippen molar-refractivity contribution >= 4 is 5.91 Å². The van der Waals surface area contributed by atoms with Crippen molar-refractivity contribution in [2.75, 3.05) is 19.7 Å². The maximum Gasteiger partial charge on any atom is 0.229 e. The highest BCUT2D eigenvalue weighted by atomic mass is 16.5. The number of ether oxygens (including phenoxy) is 1. The Morgan fingerprint density at radius 3 is 2.77 bits per heavy atom. The van der Waals surface area contributed by atoms with Gasteiger partial charge >= 0.3 is 0 Å². The van der Waals surface area contributed by atoms with Crippen molar-refractivity contribution in [3.05, 3.63) is 23.4 Å². The second kappa shape index (κ2) is 6.65. The number of hydrogen-bond acceptors (Lipinski definition) is 4. The molecule has 1 aromatic heterocycles. The highest BCUT2D eigenvalue weighted by Gasteiger charge is 2.33. The summed E-state index contributed by atoms with van der Waals surface area (Å²) in [6.07, 6.45) is 1.78. The molecule has 2 atom stereocenters. The topological polar surface area (TPSA) is 63.2 Å². The van der Waals surface area contributed by atoms with Gasteiger partial charge in [0.2, 0.25) is 11.8 Å². The van der Waals surface area contributed by atoms with Gasteiger partial charge in [-0.25, -0.2) is 4.98 Å². The number of aromatic nitrogens is 1. The molecule has 122 valence electrons. The average Bonchev–Trinajstić information content (AvgIpc) is 2.83. The number of amides is 1. The van der Waals surface area contributed by atoms with Crippen LogP contribution in [0.3, 0.4) is 0 Å². The number of aryl methyl sites for hydroxylation is 2. The molecule has 1 fully saturated rings. The summed E-state index contributed by atoms with van der Waals surface area (Å²) in [6, 6.07) is 2.23. The zero-order valence-corrected chi connectivity index (χ0v) is 14.2. The smallest absolute Gasteiger partial charge is 0.229 e. The van der Waals surface area contributed by atoms with E-state index in [1.54, 1.807) is 6.20 Å². The summed E-state index contributed by atoms with van der Waals surface area (Å²) in [5.74, 6) is 1.09. The van der Waals surface area contributed by atoms with Gasteiger partial charge in [0, 0.05) is 24.3 Å².